The number of fused-ring (bicyclic) bond motifs is 2. The predicted molar refractivity (Wildman–Crippen MR) is 261 cm³/mol. The van der Waals surface area contributed by atoms with Gasteiger partial charge in [0.05, 0.1) is 32.0 Å². The minimum atomic E-state index is -5.65. The van der Waals surface area contributed by atoms with Gasteiger partial charge in [-0.05, 0) is 0 Å². The molecule has 79 heavy (non-hydrogen) atoms. The topological polar surface area (TPSA) is 588 Å². The number of anilines is 2. The number of ether oxygens (including phenoxy) is 2. The van der Waals surface area contributed by atoms with Crippen LogP contribution in [0.1, 0.15) is 45.6 Å². The molecule has 17 N–H and O–H groups in total. The normalized spacial score (nSPS) is 24.6. The lowest BCUT2D eigenvalue weighted by atomic mass is 9.87. The number of nitrogens with two attached hydrogens (primary N) is 2. The fourth-order valence-corrected chi connectivity index (χ4v) is 12.4. The number of thioether (sulfide) groups is 1. The lowest BCUT2D eigenvalue weighted by Gasteiger charge is -2.30. The van der Waals surface area contributed by atoms with Crippen molar-refractivity contribution in [2.45, 2.75) is 94.8 Å². The largest absolute Gasteiger partial charge is 0.481 e. The maximum atomic E-state index is 12.8. The van der Waals surface area contributed by atoms with Gasteiger partial charge in [-0.25, -0.2) is 52.7 Å². The zero-order chi connectivity index (χ0) is 58.5. The number of rotatable bonds is 30. The van der Waals surface area contributed by atoms with Gasteiger partial charge >= 0.3 is 39.1 Å². The van der Waals surface area contributed by atoms with Gasteiger partial charge in [-0.15, -0.1) is 0 Å². The van der Waals surface area contributed by atoms with Crippen molar-refractivity contribution in [3.05, 3.63) is 25.3 Å². The first kappa shape index (κ1) is 64.5. The van der Waals surface area contributed by atoms with E-state index < -0.39 is 138 Å². The Morgan fingerprint density at radius 2 is 1.39 bits per heavy atom. The van der Waals surface area contributed by atoms with E-state index in [1.807, 2.05) is 0 Å². The summed E-state index contributed by atoms with van der Waals surface area (Å²) in [4.78, 5) is 117. The highest BCUT2D eigenvalue weighted by atomic mass is 32.2. The number of aliphatic hydroxyl groups excluding tert-OH is 4. The van der Waals surface area contributed by atoms with Gasteiger partial charge in [0.25, 0.3) is 0 Å². The van der Waals surface area contributed by atoms with Crippen LogP contribution in [0.4, 0.5) is 11.6 Å². The monoisotopic (exact) mass is 1250 g/mol. The Bertz CT molecular complexity index is 3030. The summed E-state index contributed by atoms with van der Waals surface area (Å²) in [5.41, 5.74) is 10.2. The van der Waals surface area contributed by atoms with Gasteiger partial charge in [-0.3, -0.25) is 45.9 Å². The van der Waals surface area contributed by atoms with E-state index in [2.05, 4.69) is 49.4 Å². The third-order valence-corrected chi connectivity index (χ3v) is 16.7. The number of hydrogen-bond donors (Lipinski definition) is 15. The van der Waals surface area contributed by atoms with E-state index in [4.69, 9.17) is 43.6 Å². The first-order valence-electron chi connectivity index (χ1n) is 22.5. The molecule has 0 saturated carbocycles. The maximum absolute atomic E-state index is 12.8. The standard InChI is InChI=1S/C34H55N12O27P5S/c1-34(2,11-66-77(61,62)73-76(59,60)65-9-18-25(71-75(56,57)58)24(50)32(67-18)46-15-44-23-28(36)40-13-42-30(23)46)26(51)31(52)38-4-3-19(48)37-5-6-79-10-16(47)7-21(49)70-78(63,64)72-33-17(69-74(53,54)55)8-20(68-33)45-14-43-22-27(35)39-12-41-29(22)45/h12-18,20-21,24-26,32-33,47,49-51H,3-11H2,1-2H3,(H,37,48)(H,38,52)(H,59,60)(H,61,62)(H,63,64)(H2,35,39,41)(H2,36,40,42)(H2,53,54,55)(H2,56,57,58). The van der Waals surface area contributed by atoms with E-state index in [9.17, 15) is 87.1 Å². The van der Waals surface area contributed by atoms with Gasteiger partial charge in [-0.1, -0.05) is 13.8 Å². The van der Waals surface area contributed by atoms with Crippen LogP contribution in [0.25, 0.3) is 22.3 Å². The molecule has 0 bridgehead atoms. The number of aliphatic hydroxyl groups is 4. The first-order valence-corrected chi connectivity index (χ1v) is 31.2. The summed E-state index contributed by atoms with van der Waals surface area (Å²) >= 11 is 1.07. The SMILES string of the molecule is CC(C)(COP(=O)(O)OP(=O)(O)OCC1OC(n2cnc3c(N)ncnc32)C(O)C1OP(=O)(O)O)C(O)C(=O)NCCC(=O)NCCSCC(O)CC(O)OP(=O)(O)OC1OC(n2cnc3c(N)ncnc32)CC1OP(=O)(O)O. The fourth-order valence-electron chi connectivity index (χ4n) is 7.31. The van der Waals surface area contributed by atoms with Crippen molar-refractivity contribution in [3.8, 4) is 0 Å². The van der Waals surface area contributed by atoms with Crippen LogP contribution in [0, 0.1) is 5.41 Å². The molecular formula is C34H55N12O27P5S. The van der Waals surface area contributed by atoms with E-state index in [1.165, 1.54) is 24.7 Å². The Labute approximate surface area is 447 Å². The summed E-state index contributed by atoms with van der Waals surface area (Å²) in [5, 5.41) is 47.1. The third kappa shape index (κ3) is 18.4. The molecule has 0 aromatic carbocycles. The average molecular weight is 1250 g/mol. The number of hydrogen-bond acceptors (Lipinski definition) is 29. The summed E-state index contributed by atoms with van der Waals surface area (Å²) in [6.45, 7) is -0.0616. The second kappa shape index (κ2) is 26.3. The van der Waals surface area contributed by atoms with Crippen molar-refractivity contribution < 1.29 is 128 Å². The number of phosphoric ester groups is 5. The molecule has 6 heterocycles. The maximum Gasteiger partial charge on any atom is 0.481 e. The predicted octanol–water partition coefficient (Wildman–Crippen LogP) is -2.51. The van der Waals surface area contributed by atoms with Crippen LogP contribution in [0.5, 0.6) is 0 Å². The molecule has 4 aromatic rings. The number of aromatic nitrogens is 8. The van der Waals surface area contributed by atoms with Crippen molar-refractivity contribution in [3.63, 3.8) is 0 Å². The number of nitrogens with zero attached hydrogens (tertiary/aromatic N) is 8. The smallest absolute Gasteiger partial charge is 0.392 e. The molecule has 2 saturated heterocycles. The molecule has 13 atom stereocenters. The van der Waals surface area contributed by atoms with Gasteiger partial charge in [0, 0.05) is 49.3 Å². The van der Waals surface area contributed by atoms with Gasteiger partial charge in [0.1, 0.15) is 60.4 Å². The van der Waals surface area contributed by atoms with Crippen LogP contribution >= 0.6 is 50.9 Å². The minimum Gasteiger partial charge on any atom is -0.392 e. The summed E-state index contributed by atoms with van der Waals surface area (Å²) < 4.78 is 108. The van der Waals surface area contributed by atoms with Crippen molar-refractivity contribution >= 4 is 96.7 Å². The van der Waals surface area contributed by atoms with Gasteiger partial charge in [0.2, 0.25) is 11.8 Å². The Morgan fingerprint density at radius 3 is 2.01 bits per heavy atom. The van der Waals surface area contributed by atoms with Crippen LogP contribution < -0.4 is 22.1 Å². The van der Waals surface area contributed by atoms with Crippen molar-refractivity contribution in [2.75, 3.05) is 49.3 Å². The van der Waals surface area contributed by atoms with Crippen molar-refractivity contribution in [1.82, 2.24) is 49.7 Å². The Kier molecular flexibility index (Phi) is 21.5. The summed E-state index contributed by atoms with van der Waals surface area (Å²) in [5.74, 6) is -1.62. The Morgan fingerprint density at radius 1 is 0.797 bits per heavy atom. The molecule has 444 valence electrons. The van der Waals surface area contributed by atoms with E-state index >= 15 is 0 Å². The van der Waals surface area contributed by atoms with E-state index in [-0.39, 0.29) is 71.4 Å². The summed E-state index contributed by atoms with van der Waals surface area (Å²) in [6, 6.07) is 0. The van der Waals surface area contributed by atoms with Crippen LogP contribution in [0.3, 0.4) is 0 Å². The Balaban J connectivity index is 0.860. The van der Waals surface area contributed by atoms with Gasteiger partial charge in [-0.2, -0.15) is 16.1 Å². The van der Waals surface area contributed by atoms with Crippen LogP contribution in [-0.2, 0) is 73.3 Å². The molecular weight excluding hydrogens is 1200 g/mol. The molecule has 6 rings (SSSR count). The quantitative estimate of drug-likeness (QED) is 0.0146. The number of carbonyl (C=O) groups excluding carboxylic acids is 2. The number of amides is 2. The van der Waals surface area contributed by atoms with E-state index in [0.717, 1.165) is 35.3 Å². The molecule has 2 fully saturated rings. The molecule has 4 aromatic heterocycles. The molecule has 39 nitrogen and oxygen atoms in total. The Hall–Kier alpha value is -3.66. The number of nitrogens with one attached hydrogen (secondary N) is 2. The van der Waals surface area contributed by atoms with Crippen molar-refractivity contribution in [1.29, 1.82) is 0 Å². The zero-order valence-corrected chi connectivity index (χ0v) is 46.1. The van der Waals surface area contributed by atoms with Crippen LogP contribution in [0.15, 0.2) is 25.3 Å². The third-order valence-electron chi connectivity index (χ3n) is 10.9. The summed E-state index contributed by atoms with van der Waals surface area (Å²) in [7, 11) is -27.1. The van der Waals surface area contributed by atoms with E-state index in [1.54, 1.807) is 0 Å². The van der Waals surface area contributed by atoms with Gasteiger partial charge < -0.3 is 86.3 Å². The lowest BCUT2D eigenvalue weighted by Crippen LogP contribution is -2.46. The minimum absolute atomic E-state index is 0.00288. The van der Waals surface area contributed by atoms with E-state index in [0.29, 0.717) is 0 Å². The summed E-state index contributed by atoms with van der Waals surface area (Å²) in [6.07, 6.45) is -14.3. The molecule has 2 amide bonds. The molecule has 0 radical (unpaired) electrons. The molecule has 2 aliphatic heterocycles. The number of nitrogen functional groups attached to an aromatic ring is 2. The zero-order valence-electron chi connectivity index (χ0n) is 40.8. The molecule has 0 spiro atoms. The molecule has 13 unspecified atom stereocenters. The van der Waals surface area contributed by atoms with Crippen molar-refractivity contribution in [2.24, 2.45) is 5.41 Å². The second-order valence-corrected chi connectivity index (χ2v) is 25.5. The fraction of sp³-hybridized carbons (Fsp3) is 0.647. The van der Waals surface area contributed by atoms with Gasteiger partial charge in [0.15, 0.2) is 41.7 Å². The van der Waals surface area contributed by atoms with Crippen LogP contribution in [0.2, 0.25) is 0 Å². The van der Waals surface area contributed by atoms with Crippen LogP contribution in [-0.4, -0.2) is 193 Å². The first-order chi connectivity index (χ1) is 36.6. The highest BCUT2D eigenvalue weighted by molar-refractivity contribution is 7.99. The average Bonchev–Trinajstić information content (AvgIpc) is 4.25. The number of phosphoric acid groups is 5. The highest BCUT2D eigenvalue weighted by Gasteiger charge is 2.51. The molecule has 2 aliphatic rings. The highest BCUT2D eigenvalue weighted by Crippen LogP contribution is 2.61. The number of carbonyl (C=O) groups is 2. The molecule has 0 aliphatic carbocycles. The molecule has 45 heteroatoms. The second-order valence-electron chi connectivity index (χ2n) is 17.6. The number of imidazole rings is 2. The lowest BCUT2D eigenvalue weighted by molar-refractivity contribution is -0.146.